The molecule has 0 saturated carbocycles. The number of nitrogens with zero attached hydrogens (tertiary/aromatic N) is 2. The molecule has 4 heterocycles. The average Bonchev–Trinajstić information content (AvgIpc) is 3.48. The van der Waals surface area contributed by atoms with Gasteiger partial charge in [0.15, 0.2) is 5.76 Å². The van der Waals surface area contributed by atoms with Crippen LogP contribution >= 0.6 is 11.8 Å². The maximum Gasteiger partial charge on any atom is 0.289 e. The van der Waals surface area contributed by atoms with Gasteiger partial charge in [0, 0.05) is 44.0 Å². The molecule has 7 heteroatoms. The molecule has 1 aromatic heterocycles. The highest BCUT2D eigenvalue weighted by molar-refractivity contribution is 7.99. The summed E-state index contributed by atoms with van der Waals surface area (Å²) in [7, 11) is 0. The summed E-state index contributed by atoms with van der Waals surface area (Å²) in [5.74, 6) is 2.75. The van der Waals surface area contributed by atoms with Crippen LogP contribution in [0.25, 0.3) is 0 Å². The Morgan fingerprint density at radius 2 is 2.07 bits per heavy atom. The van der Waals surface area contributed by atoms with E-state index in [0.29, 0.717) is 24.9 Å². The van der Waals surface area contributed by atoms with Gasteiger partial charge in [-0.2, -0.15) is 11.8 Å². The van der Waals surface area contributed by atoms with Gasteiger partial charge in [0.2, 0.25) is 5.91 Å². The third-order valence-electron chi connectivity index (χ3n) is 5.92. The van der Waals surface area contributed by atoms with Crippen LogP contribution in [0.15, 0.2) is 22.8 Å². The fraction of sp³-hybridized carbons (Fsp3) is 0.700. The molecular formula is C20H28N2O4S. The molecule has 27 heavy (non-hydrogen) atoms. The molecule has 4 rings (SSSR count). The third-order valence-corrected chi connectivity index (χ3v) is 7.06. The van der Waals surface area contributed by atoms with Gasteiger partial charge in [-0.3, -0.25) is 9.59 Å². The van der Waals surface area contributed by atoms with Gasteiger partial charge < -0.3 is 19.0 Å². The molecule has 0 aliphatic carbocycles. The van der Waals surface area contributed by atoms with E-state index in [4.69, 9.17) is 9.15 Å². The predicted molar refractivity (Wildman–Crippen MR) is 104 cm³/mol. The fourth-order valence-electron chi connectivity index (χ4n) is 4.31. The molecule has 3 aliphatic rings. The largest absolute Gasteiger partial charge is 0.459 e. The first-order valence-corrected chi connectivity index (χ1v) is 11.2. The SMILES string of the molecule is O=C(c1ccco1)N1CCC(C(=O)N(CC2CCCO2)C2CCSC2)CC1. The van der Waals surface area contributed by atoms with Crippen LogP contribution in [0, 0.1) is 5.92 Å². The molecule has 3 saturated heterocycles. The first-order chi connectivity index (χ1) is 13.2. The zero-order valence-electron chi connectivity index (χ0n) is 15.7. The summed E-state index contributed by atoms with van der Waals surface area (Å²) in [6.45, 7) is 2.78. The van der Waals surface area contributed by atoms with E-state index in [0.717, 1.165) is 56.8 Å². The number of furan rings is 1. The molecule has 2 amide bonds. The van der Waals surface area contributed by atoms with Gasteiger partial charge >= 0.3 is 0 Å². The number of amides is 2. The molecular weight excluding hydrogens is 364 g/mol. The number of hydrogen-bond donors (Lipinski definition) is 0. The topological polar surface area (TPSA) is 63.0 Å². The molecule has 2 unspecified atom stereocenters. The van der Waals surface area contributed by atoms with Crippen LogP contribution in [0.2, 0.25) is 0 Å². The van der Waals surface area contributed by atoms with Gasteiger partial charge in [-0.1, -0.05) is 0 Å². The Balaban J connectivity index is 1.36. The number of carbonyl (C=O) groups excluding carboxylic acids is 2. The highest BCUT2D eigenvalue weighted by Crippen LogP contribution is 2.28. The molecule has 3 fully saturated rings. The standard InChI is InChI=1S/C20H28N2O4S/c23-19(22(16-7-12-27-14-16)13-17-3-1-10-25-17)15-5-8-21(9-6-15)20(24)18-4-2-11-26-18/h2,4,11,15-17H,1,3,5-10,12-14H2. The van der Waals surface area contributed by atoms with Crippen molar-refractivity contribution in [3.8, 4) is 0 Å². The Morgan fingerprint density at radius 3 is 2.70 bits per heavy atom. The molecule has 0 aromatic carbocycles. The van der Waals surface area contributed by atoms with E-state index in [2.05, 4.69) is 4.90 Å². The Morgan fingerprint density at radius 1 is 1.22 bits per heavy atom. The quantitative estimate of drug-likeness (QED) is 0.771. The molecule has 0 bridgehead atoms. The van der Waals surface area contributed by atoms with Gasteiger partial charge in [0.05, 0.1) is 12.4 Å². The summed E-state index contributed by atoms with van der Waals surface area (Å²) in [4.78, 5) is 29.7. The van der Waals surface area contributed by atoms with Crippen LogP contribution in [0.4, 0.5) is 0 Å². The van der Waals surface area contributed by atoms with Crippen LogP contribution in [-0.2, 0) is 9.53 Å². The lowest BCUT2D eigenvalue weighted by Crippen LogP contribution is -2.50. The Hall–Kier alpha value is -1.47. The van der Waals surface area contributed by atoms with E-state index in [1.165, 1.54) is 6.26 Å². The molecule has 3 aliphatic heterocycles. The van der Waals surface area contributed by atoms with Gasteiger partial charge in [-0.25, -0.2) is 0 Å². The van der Waals surface area contributed by atoms with Crippen molar-refractivity contribution in [1.29, 1.82) is 0 Å². The van der Waals surface area contributed by atoms with E-state index in [1.54, 1.807) is 17.0 Å². The fourth-order valence-corrected chi connectivity index (χ4v) is 5.54. The lowest BCUT2D eigenvalue weighted by atomic mass is 9.94. The Labute approximate surface area is 164 Å². The smallest absolute Gasteiger partial charge is 0.289 e. The van der Waals surface area contributed by atoms with E-state index in [1.807, 2.05) is 11.8 Å². The summed E-state index contributed by atoms with van der Waals surface area (Å²) >= 11 is 1.94. The number of carbonyl (C=O) groups is 2. The molecule has 148 valence electrons. The monoisotopic (exact) mass is 392 g/mol. The second-order valence-corrected chi connectivity index (χ2v) is 8.84. The minimum absolute atomic E-state index is 0.0117. The van der Waals surface area contributed by atoms with E-state index in [-0.39, 0.29) is 23.8 Å². The van der Waals surface area contributed by atoms with Gasteiger partial charge in [-0.05, 0) is 50.0 Å². The predicted octanol–water partition coefficient (Wildman–Crippen LogP) is 2.64. The summed E-state index contributed by atoms with van der Waals surface area (Å²) in [5, 5.41) is 0. The summed E-state index contributed by atoms with van der Waals surface area (Å²) < 4.78 is 11.0. The van der Waals surface area contributed by atoms with Crippen molar-refractivity contribution in [2.45, 2.75) is 44.2 Å². The zero-order chi connectivity index (χ0) is 18.6. The maximum atomic E-state index is 13.3. The highest BCUT2D eigenvalue weighted by atomic mass is 32.2. The first-order valence-electron chi connectivity index (χ1n) is 10.0. The third kappa shape index (κ3) is 4.35. The summed E-state index contributed by atoms with van der Waals surface area (Å²) in [5.41, 5.74) is 0. The van der Waals surface area contributed by atoms with E-state index >= 15 is 0 Å². The van der Waals surface area contributed by atoms with Crippen LogP contribution in [0.5, 0.6) is 0 Å². The summed E-state index contributed by atoms with van der Waals surface area (Å²) in [6, 6.07) is 3.77. The normalized spacial score (nSPS) is 26.4. The number of rotatable bonds is 5. The van der Waals surface area contributed by atoms with Crippen molar-refractivity contribution in [2.24, 2.45) is 5.92 Å². The number of ether oxygens (including phenoxy) is 1. The van der Waals surface area contributed by atoms with Crippen molar-refractivity contribution in [3.63, 3.8) is 0 Å². The number of thioether (sulfide) groups is 1. The maximum absolute atomic E-state index is 13.3. The van der Waals surface area contributed by atoms with Crippen molar-refractivity contribution >= 4 is 23.6 Å². The molecule has 6 nitrogen and oxygen atoms in total. The Kier molecular flexibility index (Phi) is 6.08. The van der Waals surface area contributed by atoms with Gasteiger partial charge in [0.1, 0.15) is 0 Å². The zero-order valence-corrected chi connectivity index (χ0v) is 16.5. The van der Waals surface area contributed by atoms with Crippen molar-refractivity contribution < 1.29 is 18.7 Å². The van der Waals surface area contributed by atoms with Gasteiger partial charge in [0.25, 0.3) is 5.91 Å². The first kappa shape index (κ1) is 18.9. The minimum atomic E-state index is -0.0747. The Bertz CT molecular complexity index is 630. The van der Waals surface area contributed by atoms with Crippen LogP contribution in [-0.4, -0.2) is 71.5 Å². The van der Waals surface area contributed by atoms with Gasteiger partial charge in [-0.15, -0.1) is 0 Å². The lowest BCUT2D eigenvalue weighted by molar-refractivity contribution is -0.140. The average molecular weight is 393 g/mol. The number of likely N-dealkylation sites (tertiary alicyclic amines) is 1. The van der Waals surface area contributed by atoms with Crippen molar-refractivity contribution in [1.82, 2.24) is 9.80 Å². The van der Waals surface area contributed by atoms with Crippen LogP contribution in [0.1, 0.15) is 42.7 Å². The van der Waals surface area contributed by atoms with E-state index in [9.17, 15) is 9.59 Å². The molecule has 0 N–H and O–H groups in total. The molecule has 2 atom stereocenters. The second-order valence-electron chi connectivity index (χ2n) is 7.69. The highest BCUT2D eigenvalue weighted by Gasteiger charge is 2.36. The van der Waals surface area contributed by atoms with Crippen LogP contribution < -0.4 is 0 Å². The number of hydrogen-bond acceptors (Lipinski definition) is 5. The van der Waals surface area contributed by atoms with Crippen LogP contribution in [0.3, 0.4) is 0 Å². The number of piperidine rings is 1. The van der Waals surface area contributed by atoms with E-state index < -0.39 is 0 Å². The summed E-state index contributed by atoms with van der Waals surface area (Å²) in [6.07, 6.45) is 6.41. The molecule has 0 spiro atoms. The molecule has 0 radical (unpaired) electrons. The van der Waals surface area contributed by atoms with Crippen molar-refractivity contribution in [2.75, 3.05) is 37.7 Å². The second kappa shape index (κ2) is 8.69. The minimum Gasteiger partial charge on any atom is -0.459 e. The lowest BCUT2D eigenvalue weighted by Gasteiger charge is -2.37. The molecule has 1 aromatic rings. The van der Waals surface area contributed by atoms with Crippen molar-refractivity contribution in [3.05, 3.63) is 24.2 Å².